The number of hydrogen-bond acceptors (Lipinski definition) is 7. The van der Waals surface area contributed by atoms with Crippen LogP contribution >= 0.6 is 0 Å². The van der Waals surface area contributed by atoms with Crippen molar-refractivity contribution in [2.24, 2.45) is 0 Å². The lowest BCUT2D eigenvalue weighted by Gasteiger charge is -2.20. The smallest absolute Gasteiger partial charge is 0.331 e. The van der Waals surface area contributed by atoms with Gasteiger partial charge in [0.2, 0.25) is 0 Å². The van der Waals surface area contributed by atoms with Crippen molar-refractivity contribution in [2.75, 3.05) is 26.4 Å². The van der Waals surface area contributed by atoms with E-state index in [-0.39, 0.29) is 18.8 Å². The molecular formula is C22H33NO7. The molecule has 0 bridgehead atoms. The Morgan fingerprint density at radius 1 is 1.07 bits per heavy atom. The molecule has 0 saturated heterocycles. The molecule has 1 aromatic rings. The van der Waals surface area contributed by atoms with Crippen LogP contribution in [0.4, 0.5) is 0 Å². The maximum Gasteiger partial charge on any atom is 0.331 e. The topological polar surface area (TPSA) is 103 Å². The number of rotatable bonds is 15. The number of esters is 1. The van der Waals surface area contributed by atoms with E-state index in [1.54, 1.807) is 0 Å². The number of ether oxygens (including phenoxy) is 4. The van der Waals surface area contributed by atoms with Crippen LogP contribution in [0.15, 0.2) is 36.4 Å². The molecule has 0 aliphatic carbocycles. The van der Waals surface area contributed by atoms with Gasteiger partial charge in [-0.15, -0.1) is 0 Å². The fourth-order valence-corrected chi connectivity index (χ4v) is 2.25. The third-order valence-electron chi connectivity index (χ3n) is 3.71. The highest BCUT2D eigenvalue weighted by Crippen LogP contribution is 2.14. The number of hydrogen-bond donors (Lipinski definition) is 2. The Kier molecular flexibility index (Phi) is 12.4. The Morgan fingerprint density at radius 2 is 1.77 bits per heavy atom. The Balaban J connectivity index is 2.48. The van der Waals surface area contributed by atoms with Crippen molar-refractivity contribution in [2.45, 2.75) is 52.6 Å². The summed E-state index contributed by atoms with van der Waals surface area (Å²) >= 11 is 0. The molecule has 1 rings (SSSR count). The van der Waals surface area contributed by atoms with E-state index >= 15 is 0 Å². The Hall–Kier alpha value is -2.42. The molecule has 0 spiro atoms. The number of nitrogens with one attached hydrogen (secondary N) is 1. The zero-order valence-corrected chi connectivity index (χ0v) is 18.1. The van der Waals surface area contributed by atoms with Gasteiger partial charge in [0.1, 0.15) is 18.5 Å². The van der Waals surface area contributed by atoms with Gasteiger partial charge in [0.15, 0.2) is 0 Å². The van der Waals surface area contributed by atoms with Crippen molar-refractivity contribution < 1.29 is 33.6 Å². The third-order valence-corrected chi connectivity index (χ3v) is 3.71. The van der Waals surface area contributed by atoms with E-state index < -0.39 is 18.0 Å². The maximum absolute atomic E-state index is 11.8. The highest BCUT2D eigenvalue weighted by atomic mass is 16.6. The first-order chi connectivity index (χ1) is 14.3. The molecule has 1 aromatic carbocycles. The largest absolute Gasteiger partial charge is 0.490 e. The summed E-state index contributed by atoms with van der Waals surface area (Å²) in [7, 11) is 0. The minimum absolute atomic E-state index is 0.134. The quantitative estimate of drug-likeness (QED) is 0.252. The van der Waals surface area contributed by atoms with Crippen LogP contribution in [0.25, 0.3) is 0 Å². The predicted octanol–water partition coefficient (Wildman–Crippen LogP) is 2.56. The van der Waals surface area contributed by atoms with Crippen LogP contribution in [0, 0.1) is 0 Å². The molecule has 0 heterocycles. The number of carboxylic acid groups (broad SMARTS) is 1. The molecule has 1 atom stereocenters. The lowest BCUT2D eigenvalue weighted by molar-refractivity contribution is -0.144. The van der Waals surface area contributed by atoms with E-state index in [9.17, 15) is 9.59 Å². The van der Waals surface area contributed by atoms with Gasteiger partial charge in [0.05, 0.1) is 25.9 Å². The van der Waals surface area contributed by atoms with E-state index in [4.69, 9.17) is 24.1 Å². The van der Waals surface area contributed by atoms with Crippen molar-refractivity contribution >= 4 is 11.9 Å². The highest BCUT2D eigenvalue weighted by molar-refractivity contribution is 5.90. The minimum atomic E-state index is -1.21. The van der Waals surface area contributed by atoms with E-state index in [1.807, 2.05) is 52.0 Å². The second-order valence-electron chi connectivity index (χ2n) is 7.22. The maximum atomic E-state index is 11.8. The number of benzene rings is 1. The van der Waals surface area contributed by atoms with Gasteiger partial charge in [0.25, 0.3) is 0 Å². The van der Waals surface area contributed by atoms with Crippen LogP contribution in [-0.2, 0) is 30.4 Å². The summed E-state index contributed by atoms with van der Waals surface area (Å²) in [5.41, 5.74) is 1.01. The molecule has 0 saturated carbocycles. The van der Waals surface area contributed by atoms with Gasteiger partial charge in [-0.2, -0.15) is 0 Å². The molecule has 2 N–H and O–H groups in total. The summed E-state index contributed by atoms with van der Waals surface area (Å²) in [5.74, 6) is -1.31. The SMILES string of the molecule is CC(C)NCC(COc1ccc(COCCOC(C)C)cc1)OC(=O)C=CC(=O)O. The molecule has 8 heteroatoms. The zero-order valence-electron chi connectivity index (χ0n) is 18.1. The first-order valence-electron chi connectivity index (χ1n) is 10.0. The number of carboxylic acids is 1. The summed E-state index contributed by atoms with van der Waals surface area (Å²) < 4.78 is 22.0. The van der Waals surface area contributed by atoms with Crippen molar-refractivity contribution in [3.8, 4) is 5.75 Å². The van der Waals surface area contributed by atoms with Crippen LogP contribution < -0.4 is 10.1 Å². The molecule has 8 nitrogen and oxygen atoms in total. The number of aliphatic carboxylic acids is 1. The van der Waals surface area contributed by atoms with Gasteiger partial charge in [-0.25, -0.2) is 9.59 Å². The van der Waals surface area contributed by atoms with Crippen LogP contribution in [0.3, 0.4) is 0 Å². The fourth-order valence-electron chi connectivity index (χ4n) is 2.25. The van der Waals surface area contributed by atoms with E-state index in [2.05, 4.69) is 5.32 Å². The zero-order chi connectivity index (χ0) is 22.4. The van der Waals surface area contributed by atoms with Gasteiger partial charge in [-0.3, -0.25) is 0 Å². The summed E-state index contributed by atoms with van der Waals surface area (Å²) in [6.07, 6.45) is 1.25. The summed E-state index contributed by atoms with van der Waals surface area (Å²) in [4.78, 5) is 22.3. The van der Waals surface area contributed by atoms with E-state index in [0.717, 1.165) is 17.7 Å². The van der Waals surface area contributed by atoms with Crippen molar-refractivity contribution in [3.05, 3.63) is 42.0 Å². The molecular weight excluding hydrogens is 390 g/mol. The standard InChI is InChI=1S/C22H33NO7/c1-16(2)23-13-20(30-22(26)10-9-21(24)25)15-29-19-7-5-18(6-8-19)14-27-11-12-28-17(3)4/h5-10,16-17,20,23H,11-15H2,1-4H3,(H,24,25). The molecule has 0 aliphatic rings. The monoisotopic (exact) mass is 423 g/mol. The number of carbonyl (C=O) groups excluding carboxylic acids is 1. The molecule has 0 fully saturated rings. The van der Waals surface area contributed by atoms with Crippen LogP contribution in [0.2, 0.25) is 0 Å². The Labute approximate surface area is 178 Å². The van der Waals surface area contributed by atoms with Crippen molar-refractivity contribution in [3.63, 3.8) is 0 Å². The molecule has 0 aliphatic heterocycles. The van der Waals surface area contributed by atoms with E-state index in [1.165, 1.54) is 0 Å². The number of carbonyl (C=O) groups is 2. The first kappa shape index (κ1) is 25.6. The van der Waals surface area contributed by atoms with Gasteiger partial charge in [-0.1, -0.05) is 26.0 Å². The summed E-state index contributed by atoms with van der Waals surface area (Å²) in [6.45, 7) is 10.00. The van der Waals surface area contributed by atoms with Crippen LogP contribution in [0.1, 0.15) is 33.3 Å². The van der Waals surface area contributed by atoms with Gasteiger partial charge >= 0.3 is 11.9 Å². The molecule has 1 unspecified atom stereocenters. The lowest BCUT2D eigenvalue weighted by Crippen LogP contribution is -2.38. The molecule has 0 amide bonds. The summed E-state index contributed by atoms with van der Waals surface area (Å²) in [6, 6.07) is 7.65. The first-order valence-corrected chi connectivity index (χ1v) is 10.0. The van der Waals surface area contributed by atoms with Crippen molar-refractivity contribution in [1.82, 2.24) is 5.32 Å². The molecule has 0 aromatic heterocycles. The normalized spacial score (nSPS) is 12.5. The van der Waals surface area contributed by atoms with E-state index in [0.29, 0.717) is 32.1 Å². The minimum Gasteiger partial charge on any atom is -0.490 e. The molecule has 30 heavy (non-hydrogen) atoms. The fraction of sp³-hybridized carbons (Fsp3) is 0.545. The average molecular weight is 424 g/mol. The van der Waals surface area contributed by atoms with Crippen LogP contribution in [-0.4, -0.2) is 61.7 Å². The van der Waals surface area contributed by atoms with Gasteiger partial charge in [0, 0.05) is 24.7 Å². The second-order valence-corrected chi connectivity index (χ2v) is 7.22. The van der Waals surface area contributed by atoms with Crippen molar-refractivity contribution in [1.29, 1.82) is 0 Å². The second kappa shape index (κ2) is 14.5. The summed E-state index contributed by atoms with van der Waals surface area (Å²) in [5, 5.41) is 11.8. The predicted molar refractivity (Wildman–Crippen MR) is 112 cm³/mol. The Morgan fingerprint density at radius 3 is 2.37 bits per heavy atom. The van der Waals surface area contributed by atoms with Gasteiger partial charge in [-0.05, 0) is 31.5 Å². The molecule has 168 valence electrons. The lowest BCUT2D eigenvalue weighted by atomic mass is 10.2. The Bertz CT molecular complexity index is 656. The van der Waals surface area contributed by atoms with Gasteiger partial charge < -0.3 is 29.4 Å². The average Bonchev–Trinajstić information content (AvgIpc) is 2.68. The van der Waals surface area contributed by atoms with Crippen LogP contribution in [0.5, 0.6) is 5.75 Å². The third kappa shape index (κ3) is 12.9. The molecule has 0 radical (unpaired) electrons. The highest BCUT2D eigenvalue weighted by Gasteiger charge is 2.15.